The van der Waals surface area contributed by atoms with Gasteiger partial charge in [-0.05, 0) is 17.7 Å². The van der Waals surface area contributed by atoms with Crippen LogP contribution in [0.2, 0.25) is 0 Å². The van der Waals surface area contributed by atoms with Crippen molar-refractivity contribution >= 4 is 17.1 Å². The maximum Gasteiger partial charge on any atom is 0.252 e. The Labute approximate surface area is 120 Å². The number of rotatable bonds is 4. The molecule has 0 saturated carbocycles. The molecule has 0 radical (unpaired) electrons. The quantitative estimate of drug-likeness (QED) is 0.581. The summed E-state index contributed by atoms with van der Waals surface area (Å²) in [4.78, 5) is 15.7. The molecule has 1 aromatic carbocycles. The summed E-state index contributed by atoms with van der Waals surface area (Å²) in [7, 11) is 0. The molecule has 2 heterocycles. The number of nitrogens with two attached hydrogens (primary N) is 1. The number of carbonyl (C=O) groups excluding carboxylic acids is 1. The summed E-state index contributed by atoms with van der Waals surface area (Å²) in [5.74, 6) is -0.0701. The molecule has 6 nitrogen and oxygen atoms in total. The zero-order valence-electron chi connectivity index (χ0n) is 11.0. The molecule has 1 amide bonds. The van der Waals surface area contributed by atoms with E-state index in [0.717, 1.165) is 0 Å². The van der Waals surface area contributed by atoms with Gasteiger partial charge in [-0.15, -0.1) is 0 Å². The fourth-order valence-corrected chi connectivity index (χ4v) is 1.92. The summed E-state index contributed by atoms with van der Waals surface area (Å²) in [6.45, 7) is 0. The SMILES string of the molecule is NC(=O)C(=COc1cccn2ncnc12)c1ccccc1. The Hall–Kier alpha value is -3.15. The van der Waals surface area contributed by atoms with Crippen LogP contribution in [0.5, 0.6) is 5.75 Å². The zero-order valence-corrected chi connectivity index (χ0v) is 11.0. The number of carbonyl (C=O) groups is 1. The molecule has 0 bridgehead atoms. The molecule has 3 rings (SSSR count). The first-order valence-corrected chi connectivity index (χ1v) is 6.26. The van der Waals surface area contributed by atoms with Gasteiger partial charge >= 0.3 is 0 Å². The second-order valence-corrected chi connectivity index (χ2v) is 4.28. The number of hydrogen-bond donors (Lipinski definition) is 1. The lowest BCUT2D eigenvalue weighted by molar-refractivity contribution is -0.112. The minimum atomic E-state index is -0.561. The highest BCUT2D eigenvalue weighted by Gasteiger charge is 2.10. The van der Waals surface area contributed by atoms with Crippen LogP contribution in [0.15, 0.2) is 61.3 Å². The number of amides is 1. The van der Waals surface area contributed by atoms with Gasteiger partial charge in [-0.2, -0.15) is 5.10 Å². The van der Waals surface area contributed by atoms with Crippen molar-refractivity contribution in [3.05, 3.63) is 66.8 Å². The minimum absolute atomic E-state index is 0.289. The van der Waals surface area contributed by atoms with E-state index in [0.29, 0.717) is 17.0 Å². The van der Waals surface area contributed by atoms with E-state index in [1.807, 2.05) is 18.2 Å². The highest BCUT2D eigenvalue weighted by atomic mass is 16.5. The van der Waals surface area contributed by atoms with E-state index in [4.69, 9.17) is 10.5 Å². The number of ether oxygens (including phenoxy) is 1. The Balaban J connectivity index is 1.96. The Kier molecular flexibility index (Phi) is 3.34. The van der Waals surface area contributed by atoms with Gasteiger partial charge in [0.1, 0.15) is 12.6 Å². The summed E-state index contributed by atoms with van der Waals surface area (Å²) in [5.41, 5.74) is 6.95. The number of aromatic nitrogens is 3. The lowest BCUT2D eigenvalue weighted by atomic mass is 10.1. The van der Waals surface area contributed by atoms with Crippen molar-refractivity contribution in [3.8, 4) is 5.75 Å². The molecule has 6 heteroatoms. The number of pyridine rings is 1. The summed E-state index contributed by atoms with van der Waals surface area (Å²) >= 11 is 0. The van der Waals surface area contributed by atoms with E-state index in [9.17, 15) is 4.79 Å². The third-order valence-corrected chi connectivity index (χ3v) is 2.92. The van der Waals surface area contributed by atoms with Gasteiger partial charge < -0.3 is 10.5 Å². The molecule has 3 aromatic rings. The maximum atomic E-state index is 11.6. The lowest BCUT2D eigenvalue weighted by Crippen LogP contribution is -2.13. The Morgan fingerprint density at radius 3 is 2.76 bits per heavy atom. The van der Waals surface area contributed by atoms with Crippen molar-refractivity contribution in [1.29, 1.82) is 0 Å². The Morgan fingerprint density at radius 1 is 1.19 bits per heavy atom. The van der Waals surface area contributed by atoms with Crippen molar-refractivity contribution < 1.29 is 9.53 Å². The molecule has 21 heavy (non-hydrogen) atoms. The van der Waals surface area contributed by atoms with Gasteiger partial charge in [0.25, 0.3) is 5.91 Å². The molecule has 0 aliphatic carbocycles. The second kappa shape index (κ2) is 5.46. The average Bonchev–Trinajstić information content (AvgIpc) is 2.97. The van der Waals surface area contributed by atoms with Crippen LogP contribution in [-0.2, 0) is 4.79 Å². The Bertz CT molecular complexity index is 809. The van der Waals surface area contributed by atoms with Gasteiger partial charge in [-0.1, -0.05) is 30.3 Å². The molecule has 0 spiro atoms. The van der Waals surface area contributed by atoms with Crippen molar-refractivity contribution in [1.82, 2.24) is 14.6 Å². The summed E-state index contributed by atoms with van der Waals surface area (Å²) < 4.78 is 7.15. The van der Waals surface area contributed by atoms with E-state index in [1.54, 1.807) is 35.0 Å². The molecule has 0 aliphatic heterocycles. The van der Waals surface area contributed by atoms with Gasteiger partial charge in [-0.25, -0.2) is 9.50 Å². The summed E-state index contributed by atoms with van der Waals surface area (Å²) in [6, 6.07) is 12.6. The fourth-order valence-electron chi connectivity index (χ4n) is 1.92. The third-order valence-electron chi connectivity index (χ3n) is 2.92. The van der Waals surface area contributed by atoms with E-state index in [1.165, 1.54) is 12.6 Å². The number of hydrogen-bond acceptors (Lipinski definition) is 4. The van der Waals surface area contributed by atoms with Gasteiger partial charge in [-0.3, -0.25) is 4.79 Å². The van der Waals surface area contributed by atoms with Crippen LogP contribution in [0, 0.1) is 0 Å². The minimum Gasteiger partial charge on any atom is -0.460 e. The fraction of sp³-hybridized carbons (Fsp3) is 0. The van der Waals surface area contributed by atoms with Crippen LogP contribution in [0.4, 0.5) is 0 Å². The van der Waals surface area contributed by atoms with E-state index >= 15 is 0 Å². The maximum absolute atomic E-state index is 11.6. The first-order valence-electron chi connectivity index (χ1n) is 6.26. The predicted molar refractivity (Wildman–Crippen MR) is 77.2 cm³/mol. The van der Waals surface area contributed by atoms with Gasteiger partial charge in [0.15, 0.2) is 11.4 Å². The molecular weight excluding hydrogens is 268 g/mol. The van der Waals surface area contributed by atoms with Gasteiger partial charge in [0.2, 0.25) is 0 Å². The van der Waals surface area contributed by atoms with Crippen LogP contribution in [0.3, 0.4) is 0 Å². The third kappa shape index (κ3) is 2.59. The number of primary amides is 1. The standard InChI is InChI=1S/C15H12N4O2/c16-14(20)12(11-5-2-1-3-6-11)9-21-13-7-4-8-19-15(13)17-10-18-19/h1-10H,(H2,16,20). The molecule has 0 aliphatic rings. The van der Waals surface area contributed by atoms with Crippen molar-refractivity contribution in [2.45, 2.75) is 0 Å². The number of nitrogens with zero attached hydrogens (tertiary/aromatic N) is 3. The molecule has 0 saturated heterocycles. The van der Waals surface area contributed by atoms with E-state index in [-0.39, 0.29) is 5.57 Å². The lowest BCUT2D eigenvalue weighted by Gasteiger charge is -2.05. The van der Waals surface area contributed by atoms with Crippen LogP contribution < -0.4 is 10.5 Å². The molecule has 0 atom stereocenters. The summed E-state index contributed by atoms with van der Waals surface area (Å²) in [5, 5.41) is 4.01. The molecule has 2 aromatic heterocycles. The van der Waals surface area contributed by atoms with E-state index < -0.39 is 5.91 Å². The topological polar surface area (TPSA) is 82.5 Å². The normalized spacial score (nSPS) is 11.5. The van der Waals surface area contributed by atoms with Crippen LogP contribution in [0.1, 0.15) is 5.56 Å². The van der Waals surface area contributed by atoms with Crippen LogP contribution in [0.25, 0.3) is 11.2 Å². The predicted octanol–water partition coefficient (Wildman–Crippen LogP) is 1.63. The number of fused-ring (bicyclic) bond motifs is 1. The largest absolute Gasteiger partial charge is 0.460 e. The monoisotopic (exact) mass is 280 g/mol. The van der Waals surface area contributed by atoms with Crippen molar-refractivity contribution in [3.63, 3.8) is 0 Å². The highest BCUT2D eigenvalue weighted by molar-refractivity contribution is 6.18. The van der Waals surface area contributed by atoms with E-state index in [2.05, 4.69) is 10.1 Å². The average molecular weight is 280 g/mol. The highest BCUT2D eigenvalue weighted by Crippen LogP contribution is 2.19. The first kappa shape index (κ1) is 12.9. The molecule has 0 unspecified atom stereocenters. The van der Waals surface area contributed by atoms with Gasteiger partial charge in [0, 0.05) is 6.20 Å². The first-order chi connectivity index (χ1) is 10.3. The van der Waals surface area contributed by atoms with Crippen molar-refractivity contribution in [2.75, 3.05) is 0 Å². The zero-order chi connectivity index (χ0) is 14.7. The molecule has 0 fully saturated rings. The smallest absolute Gasteiger partial charge is 0.252 e. The van der Waals surface area contributed by atoms with Gasteiger partial charge in [0.05, 0.1) is 5.57 Å². The molecular formula is C15H12N4O2. The van der Waals surface area contributed by atoms with Crippen molar-refractivity contribution in [2.24, 2.45) is 5.73 Å². The number of benzene rings is 1. The van der Waals surface area contributed by atoms with Crippen LogP contribution >= 0.6 is 0 Å². The second-order valence-electron chi connectivity index (χ2n) is 4.28. The summed E-state index contributed by atoms with van der Waals surface area (Å²) in [6.07, 6.45) is 4.52. The molecule has 104 valence electrons. The molecule has 2 N–H and O–H groups in total. The Morgan fingerprint density at radius 2 is 2.00 bits per heavy atom. The van der Waals surface area contributed by atoms with Crippen LogP contribution in [-0.4, -0.2) is 20.5 Å².